The van der Waals surface area contributed by atoms with Crippen molar-refractivity contribution in [1.82, 2.24) is 5.32 Å². The summed E-state index contributed by atoms with van der Waals surface area (Å²) < 4.78 is 5.17. The zero-order valence-corrected chi connectivity index (χ0v) is 10.3. The molecule has 1 aliphatic heterocycles. The maximum absolute atomic E-state index is 11.3. The van der Waals surface area contributed by atoms with Crippen molar-refractivity contribution in [2.24, 2.45) is 0 Å². The molecular weight excluding hydrogens is 226 g/mol. The van der Waals surface area contributed by atoms with Gasteiger partial charge in [-0.05, 0) is 24.6 Å². The molecule has 0 bridgehead atoms. The molecule has 1 aliphatic rings. The average molecular weight is 242 g/mol. The third-order valence-electron chi connectivity index (χ3n) is 2.93. The summed E-state index contributed by atoms with van der Waals surface area (Å²) in [5.41, 5.74) is 0.874. The first-order valence-corrected chi connectivity index (χ1v) is 5.05. The molecule has 0 amide bonds. The third kappa shape index (κ3) is 2.36. The second-order valence-corrected chi connectivity index (χ2v) is 4.13. The summed E-state index contributed by atoms with van der Waals surface area (Å²) in [6.45, 7) is 2.51. The van der Waals surface area contributed by atoms with Crippen molar-refractivity contribution in [3.8, 4) is 5.75 Å². The number of nitrogens with one attached hydrogen (secondary N) is 1. The number of hydrogen-bond donors (Lipinski definition) is 1. The molecule has 1 fully saturated rings. The number of Topliss-reactive ketones (excluding diaryl/α,β-unsaturated/α-hetero) is 1. The van der Waals surface area contributed by atoms with E-state index in [-0.39, 0.29) is 23.7 Å². The monoisotopic (exact) mass is 241 g/mol. The van der Waals surface area contributed by atoms with Gasteiger partial charge in [0, 0.05) is 12.0 Å². The standard InChI is InChI=1S/C12H15NO2.ClH/c1-12(7-10(14)8-13-12)9-4-3-5-11(6-9)15-2;/h3-6,13H,7-8H2,1-2H3;1H. The van der Waals surface area contributed by atoms with Gasteiger partial charge in [-0.3, -0.25) is 4.79 Å². The summed E-state index contributed by atoms with van der Waals surface area (Å²) in [5.74, 6) is 1.09. The van der Waals surface area contributed by atoms with Crippen molar-refractivity contribution >= 4 is 18.2 Å². The molecule has 88 valence electrons. The molecule has 1 heterocycles. The zero-order valence-electron chi connectivity index (χ0n) is 9.45. The molecule has 0 saturated carbocycles. The van der Waals surface area contributed by atoms with Crippen LogP contribution in [0, 0.1) is 0 Å². The molecule has 4 heteroatoms. The van der Waals surface area contributed by atoms with Crippen LogP contribution < -0.4 is 10.1 Å². The molecule has 1 saturated heterocycles. The Bertz CT molecular complexity index is 394. The highest BCUT2D eigenvalue weighted by Gasteiger charge is 2.34. The zero-order chi connectivity index (χ0) is 10.9. The van der Waals surface area contributed by atoms with Crippen LogP contribution in [0.1, 0.15) is 18.9 Å². The van der Waals surface area contributed by atoms with Crippen LogP contribution in [0.25, 0.3) is 0 Å². The van der Waals surface area contributed by atoms with Gasteiger partial charge in [-0.25, -0.2) is 0 Å². The van der Waals surface area contributed by atoms with Crippen molar-refractivity contribution in [1.29, 1.82) is 0 Å². The second-order valence-electron chi connectivity index (χ2n) is 4.13. The molecule has 3 nitrogen and oxygen atoms in total. The van der Waals surface area contributed by atoms with Crippen LogP contribution >= 0.6 is 12.4 Å². The Morgan fingerprint density at radius 2 is 2.19 bits per heavy atom. The molecule has 0 aromatic heterocycles. The Labute approximate surface area is 102 Å². The predicted molar refractivity (Wildman–Crippen MR) is 65.2 cm³/mol. The summed E-state index contributed by atoms with van der Waals surface area (Å²) in [7, 11) is 1.65. The molecule has 0 radical (unpaired) electrons. The van der Waals surface area contributed by atoms with E-state index in [2.05, 4.69) is 5.32 Å². The lowest BCUT2D eigenvalue weighted by atomic mass is 9.90. The summed E-state index contributed by atoms with van der Waals surface area (Å²) in [6, 6.07) is 7.85. The number of carbonyl (C=O) groups excluding carboxylic acids is 1. The molecule has 1 aromatic carbocycles. The van der Waals surface area contributed by atoms with Crippen molar-refractivity contribution in [3.05, 3.63) is 29.8 Å². The van der Waals surface area contributed by atoms with Crippen LogP contribution in [-0.4, -0.2) is 19.4 Å². The number of rotatable bonds is 2. The Kier molecular flexibility index (Phi) is 3.94. The van der Waals surface area contributed by atoms with E-state index in [4.69, 9.17) is 4.74 Å². The van der Waals surface area contributed by atoms with Gasteiger partial charge in [-0.15, -0.1) is 12.4 Å². The number of ketones is 1. The fourth-order valence-corrected chi connectivity index (χ4v) is 1.98. The van der Waals surface area contributed by atoms with E-state index < -0.39 is 0 Å². The van der Waals surface area contributed by atoms with Crippen LogP contribution in [-0.2, 0) is 10.3 Å². The molecule has 2 rings (SSSR count). The van der Waals surface area contributed by atoms with Gasteiger partial charge in [0.25, 0.3) is 0 Å². The number of carbonyl (C=O) groups is 1. The number of hydrogen-bond acceptors (Lipinski definition) is 3. The molecule has 1 aromatic rings. The van der Waals surface area contributed by atoms with Gasteiger partial charge in [0.2, 0.25) is 0 Å². The van der Waals surface area contributed by atoms with Gasteiger partial charge in [0.05, 0.1) is 13.7 Å². The normalized spacial score (nSPS) is 24.0. The van der Waals surface area contributed by atoms with Crippen molar-refractivity contribution in [2.75, 3.05) is 13.7 Å². The maximum Gasteiger partial charge on any atom is 0.148 e. The highest BCUT2D eigenvalue weighted by Crippen LogP contribution is 2.30. The van der Waals surface area contributed by atoms with Gasteiger partial charge in [-0.1, -0.05) is 12.1 Å². The minimum Gasteiger partial charge on any atom is -0.497 e. The SMILES string of the molecule is COc1cccc(C2(C)CC(=O)CN2)c1.Cl. The first-order chi connectivity index (χ1) is 7.14. The molecule has 1 atom stereocenters. The van der Waals surface area contributed by atoms with Crippen LogP contribution in [0.4, 0.5) is 0 Å². The van der Waals surface area contributed by atoms with Gasteiger partial charge in [-0.2, -0.15) is 0 Å². The first kappa shape index (κ1) is 13.0. The third-order valence-corrected chi connectivity index (χ3v) is 2.93. The Morgan fingerprint density at radius 3 is 2.75 bits per heavy atom. The van der Waals surface area contributed by atoms with Gasteiger partial charge >= 0.3 is 0 Å². The minimum atomic E-state index is -0.231. The minimum absolute atomic E-state index is 0. The fraction of sp³-hybridized carbons (Fsp3) is 0.417. The molecule has 16 heavy (non-hydrogen) atoms. The summed E-state index contributed by atoms with van der Waals surface area (Å²) >= 11 is 0. The maximum atomic E-state index is 11.3. The number of benzene rings is 1. The molecular formula is C12H16ClNO2. The predicted octanol–water partition coefficient (Wildman–Crippen LogP) is 1.89. The first-order valence-electron chi connectivity index (χ1n) is 5.05. The highest BCUT2D eigenvalue weighted by atomic mass is 35.5. The van der Waals surface area contributed by atoms with Gasteiger partial charge in [0.1, 0.15) is 11.5 Å². The largest absolute Gasteiger partial charge is 0.497 e. The fourth-order valence-electron chi connectivity index (χ4n) is 1.98. The summed E-state index contributed by atoms with van der Waals surface area (Å²) in [6.07, 6.45) is 0.556. The van der Waals surface area contributed by atoms with Crippen LogP contribution in [0.15, 0.2) is 24.3 Å². The van der Waals surface area contributed by atoms with E-state index >= 15 is 0 Å². The summed E-state index contributed by atoms with van der Waals surface area (Å²) in [4.78, 5) is 11.3. The lowest BCUT2D eigenvalue weighted by molar-refractivity contribution is -0.116. The number of ether oxygens (including phenoxy) is 1. The molecule has 1 N–H and O–H groups in total. The van der Waals surface area contributed by atoms with Gasteiger partial charge in [0.15, 0.2) is 0 Å². The molecule has 0 aliphatic carbocycles. The molecule has 1 unspecified atom stereocenters. The molecule has 0 spiro atoms. The van der Waals surface area contributed by atoms with E-state index in [0.717, 1.165) is 11.3 Å². The lowest BCUT2D eigenvalue weighted by Crippen LogP contribution is -2.32. The second kappa shape index (κ2) is 4.85. The van der Waals surface area contributed by atoms with E-state index in [9.17, 15) is 4.79 Å². The highest BCUT2D eigenvalue weighted by molar-refractivity contribution is 5.85. The van der Waals surface area contributed by atoms with Crippen LogP contribution in [0.3, 0.4) is 0 Å². The van der Waals surface area contributed by atoms with E-state index in [1.807, 2.05) is 31.2 Å². The Balaban J connectivity index is 0.00000128. The smallest absolute Gasteiger partial charge is 0.148 e. The van der Waals surface area contributed by atoms with Crippen LogP contribution in [0.5, 0.6) is 5.75 Å². The number of methoxy groups -OCH3 is 1. The number of halogens is 1. The van der Waals surface area contributed by atoms with Crippen molar-refractivity contribution < 1.29 is 9.53 Å². The van der Waals surface area contributed by atoms with E-state index in [1.54, 1.807) is 7.11 Å². The Morgan fingerprint density at radius 1 is 1.44 bits per heavy atom. The van der Waals surface area contributed by atoms with Crippen molar-refractivity contribution in [2.45, 2.75) is 18.9 Å². The Hall–Kier alpha value is -1.06. The van der Waals surface area contributed by atoms with Gasteiger partial charge < -0.3 is 10.1 Å². The lowest BCUT2D eigenvalue weighted by Gasteiger charge is -2.24. The van der Waals surface area contributed by atoms with E-state index in [0.29, 0.717) is 13.0 Å². The average Bonchev–Trinajstić information content (AvgIpc) is 2.60. The van der Waals surface area contributed by atoms with E-state index in [1.165, 1.54) is 0 Å². The van der Waals surface area contributed by atoms with Crippen LogP contribution in [0.2, 0.25) is 0 Å². The summed E-state index contributed by atoms with van der Waals surface area (Å²) in [5, 5.41) is 3.25. The quantitative estimate of drug-likeness (QED) is 0.860. The topological polar surface area (TPSA) is 38.3 Å². The van der Waals surface area contributed by atoms with Crippen molar-refractivity contribution in [3.63, 3.8) is 0 Å².